The lowest BCUT2D eigenvalue weighted by molar-refractivity contribution is 0.111. The average Bonchev–Trinajstić information content (AvgIpc) is 3.30. The van der Waals surface area contributed by atoms with Crippen LogP contribution in [0, 0.1) is 13.8 Å². The molecule has 0 unspecified atom stereocenters. The van der Waals surface area contributed by atoms with Gasteiger partial charge in [-0.05, 0) is 118 Å². The van der Waals surface area contributed by atoms with Crippen LogP contribution >= 0.6 is 0 Å². The highest BCUT2D eigenvalue weighted by Crippen LogP contribution is 2.53. The molecule has 10 aromatic rings. The number of para-hydroxylation sites is 2. The second-order valence-electron chi connectivity index (χ2n) is 15.3. The van der Waals surface area contributed by atoms with Crippen LogP contribution in [-0.4, -0.2) is 12.6 Å². The number of benzene rings is 10. The summed E-state index contributed by atoms with van der Waals surface area (Å²) in [6.45, 7) is 4.30. The van der Waals surface area contributed by atoms with Crippen molar-refractivity contribution in [1.82, 2.24) is 0 Å². The third-order valence-electron chi connectivity index (χ3n) is 11.8. The van der Waals surface area contributed by atoms with E-state index in [0.29, 0.717) is 11.1 Å². The lowest BCUT2D eigenvalue weighted by Crippen LogP contribution is -2.13. The predicted molar refractivity (Wildman–Crippen MR) is 252 cm³/mol. The van der Waals surface area contributed by atoms with Crippen molar-refractivity contribution >= 4 is 89.8 Å². The summed E-state index contributed by atoms with van der Waals surface area (Å²) < 4.78 is 0. The number of hydrogen-bond donors (Lipinski definition) is 0. The molecule has 10 aromatic carbocycles. The maximum Gasteiger partial charge on any atom is 0.150 e. The SMILES string of the molecule is Cc1ccccc1N(c1ccc(C=O)cc1)c1c2ccccc2c(-c2c3ccccc3c(N(c3ccc(C=O)cc3)c3ccccc3C)c3ccccc23)c2ccccc12. The second kappa shape index (κ2) is 15.2. The van der Waals surface area contributed by atoms with Gasteiger partial charge in [-0.25, -0.2) is 0 Å². The highest BCUT2D eigenvalue weighted by atomic mass is 16.1. The highest BCUT2D eigenvalue weighted by molar-refractivity contribution is 6.30. The van der Waals surface area contributed by atoms with Crippen molar-refractivity contribution in [3.8, 4) is 11.1 Å². The van der Waals surface area contributed by atoms with Crippen LogP contribution in [0.5, 0.6) is 0 Å². The van der Waals surface area contributed by atoms with E-state index in [1.165, 1.54) is 11.1 Å². The number of hydrogen-bond acceptors (Lipinski definition) is 4. The number of rotatable bonds is 9. The molecule has 0 radical (unpaired) electrons. The predicted octanol–water partition coefficient (Wildman–Crippen LogP) is 15.1. The fourth-order valence-corrected chi connectivity index (χ4v) is 9.04. The zero-order valence-electron chi connectivity index (χ0n) is 33.3. The van der Waals surface area contributed by atoms with Gasteiger partial charge in [0, 0.05) is 55.4 Å². The summed E-state index contributed by atoms with van der Waals surface area (Å²) in [6, 6.07) is 67.8. The summed E-state index contributed by atoms with van der Waals surface area (Å²) in [5.41, 5.74) is 12.1. The van der Waals surface area contributed by atoms with Crippen molar-refractivity contribution in [1.29, 1.82) is 0 Å². The summed E-state index contributed by atoms with van der Waals surface area (Å²) in [5, 5.41) is 9.00. The first-order chi connectivity index (χ1) is 29.6. The number of carbonyl (C=O) groups excluding carboxylic acids is 2. The molecule has 0 aliphatic rings. The van der Waals surface area contributed by atoms with Crippen LogP contribution < -0.4 is 9.80 Å². The van der Waals surface area contributed by atoms with E-state index in [9.17, 15) is 9.59 Å². The van der Waals surface area contributed by atoms with Crippen LogP contribution in [0.15, 0.2) is 194 Å². The Labute approximate surface area is 349 Å². The largest absolute Gasteiger partial charge is 0.309 e. The standard InChI is InChI=1S/C56H40N2O2/c1-37-15-3-13-25-51(37)57(41-31-27-39(35-59)28-32-41)55-47-21-9-5-17-43(47)53(44-18-6-10-22-48(44)55)54-45-19-7-11-23-49(45)56(50-24-12-8-20-46(50)54)58(52-26-14-4-16-38(52)2)42-33-29-40(36-60)30-34-42/h3-36H,1-2H3. The first-order valence-electron chi connectivity index (χ1n) is 20.2. The Morgan fingerprint density at radius 2 is 0.583 bits per heavy atom. The molecule has 4 nitrogen and oxygen atoms in total. The fraction of sp³-hybridized carbons (Fsp3) is 0.0357. The Hall–Kier alpha value is -7.82. The van der Waals surface area contributed by atoms with E-state index in [1.54, 1.807) is 0 Å². The van der Waals surface area contributed by atoms with Crippen LogP contribution in [0.1, 0.15) is 31.8 Å². The van der Waals surface area contributed by atoms with E-state index < -0.39 is 0 Å². The van der Waals surface area contributed by atoms with Crippen LogP contribution in [0.4, 0.5) is 34.1 Å². The summed E-state index contributed by atoms with van der Waals surface area (Å²) in [6.07, 6.45) is 1.79. The van der Waals surface area contributed by atoms with E-state index in [2.05, 4.69) is 169 Å². The zero-order chi connectivity index (χ0) is 40.7. The van der Waals surface area contributed by atoms with Gasteiger partial charge >= 0.3 is 0 Å². The lowest BCUT2D eigenvalue weighted by atomic mass is 9.84. The molecule has 0 bridgehead atoms. The van der Waals surface area contributed by atoms with Crippen molar-refractivity contribution in [3.63, 3.8) is 0 Å². The van der Waals surface area contributed by atoms with Gasteiger partial charge in [0.15, 0.2) is 0 Å². The van der Waals surface area contributed by atoms with Gasteiger partial charge < -0.3 is 9.80 Å². The second-order valence-corrected chi connectivity index (χ2v) is 15.3. The van der Waals surface area contributed by atoms with Crippen molar-refractivity contribution in [3.05, 3.63) is 216 Å². The molecular weight excluding hydrogens is 733 g/mol. The quantitative estimate of drug-likeness (QED) is 0.108. The maximum atomic E-state index is 11.8. The molecule has 0 saturated carbocycles. The van der Waals surface area contributed by atoms with Crippen LogP contribution in [0.3, 0.4) is 0 Å². The number of carbonyl (C=O) groups is 2. The molecule has 0 N–H and O–H groups in total. The molecule has 10 rings (SSSR count). The van der Waals surface area contributed by atoms with Gasteiger partial charge in [0.05, 0.1) is 11.4 Å². The maximum absolute atomic E-state index is 11.8. The number of nitrogens with zero attached hydrogens (tertiary/aromatic N) is 2. The Bertz CT molecular complexity index is 2940. The molecule has 0 aromatic heterocycles. The number of anilines is 6. The molecule has 0 heterocycles. The van der Waals surface area contributed by atoms with E-state index in [1.807, 2.05) is 48.5 Å². The first kappa shape index (κ1) is 36.5. The number of aryl methyl sites for hydroxylation is 2. The summed E-state index contributed by atoms with van der Waals surface area (Å²) in [4.78, 5) is 28.3. The molecule has 0 saturated heterocycles. The lowest BCUT2D eigenvalue weighted by Gasteiger charge is -2.32. The van der Waals surface area contributed by atoms with Gasteiger partial charge in [-0.3, -0.25) is 9.59 Å². The minimum absolute atomic E-state index is 0.634. The van der Waals surface area contributed by atoms with Gasteiger partial charge in [-0.15, -0.1) is 0 Å². The average molecular weight is 773 g/mol. The molecule has 60 heavy (non-hydrogen) atoms. The van der Waals surface area contributed by atoms with Crippen LogP contribution in [0.25, 0.3) is 54.2 Å². The van der Waals surface area contributed by atoms with Gasteiger partial charge in [-0.2, -0.15) is 0 Å². The van der Waals surface area contributed by atoms with E-state index in [0.717, 1.165) is 101 Å². The summed E-state index contributed by atoms with van der Waals surface area (Å²) in [7, 11) is 0. The third kappa shape index (κ3) is 6.00. The molecule has 0 aliphatic heterocycles. The Morgan fingerprint density at radius 1 is 0.317 bits per heavy atom. The van der Waals surface area contributed by atoms with Gasteiger partial charge in [-0.1, -0.05) is 133 Å². The van der Waals surface area contributed by atoms with Crippen molar-refractivity contribution in [2.24, 2.45) is 0 Å². The normalized spacial score (nSPS) is 11.3. The molecule has 0 aliphatic carbocycles. The Kier molecular flexibility index (Phi) is 9.23. The van der Waals surface area contributed by atoms with Gasteiger partial charge in [0.2, 0.25) is 0 Å². The minimum atomic E-state index is 0.634. The molecule has 0 spiro atoms. The minimum Gasteiger partial charge on any atom is -0.309 e. The monoisotopic (exact) mass is 772 g/mol. The van der Waals surface area contributed by atoms with E-state index in [4.69, 9.17) is 0 Å². The molecule has 0 atom stereocenters. The summed E-state index contributed by atoms with van der Waals surface area (Å²) >= 11 is 0. The molecule has 286 valence electrons. The van der Waals surface area contributed by atoms with Crippen LogP contribution in [-0.2, 0) is 0 Å². The summed E-state index contributed by atoms with van der Waals surface area (Å²) in [5.74, 6) is 0. The molecule has 0 amide bonds. The van der Waals surface area contributed by atoms with Crippen molar-refractivity contribution in [2.75, 3.05) is 9.80 Å². The molecule has 0 fully saturated rings. The third-order valence-corrected chi connectivity index (χ3v) is 11.8. The number of fused-ring (bicyclic) bond motifs is 4. The number of aldehydes is 2. The van der Waals surface area contributed by atoms with Crippen LogP contribution in [0.2, 0.25) is 0 Å². The highest BCUT2D eigenvalue weighted by Gasteiger charge is 2.27. The fourth-order valence-electron chi connectivity index (χ4n) is 9.04. The molecule has 4 heteroatoms. The van der Waals surface area contributed by atoms with Gasteiger partial charge in [0.25, 0.3) is 0 Å². The zero-order valence-corrected chi connectivity index (χ0v) is 33.3. The van der Waals surface area contributed by atoms with Crippen molar-refractivity contribution in [2.45, 2.75) is 13.8 Å². The topological polar surface area (TPSA) is 40.6 Å². The van der Waals surface area contributed by atoms with E-state index >= 15 is 0 Å². The Balaban J connectivity index is 1.34. The van der Waals surface area contributed by atoms with Crippen molar-refractivity contribution < 1.29 is 9.59 Å². The first-order valence-corrected chi connectivity index (χ1v) is 20.2. The van der Waals surface area contributed by atoms with Gasteiger partial charge in [0.1, 0.15) is 12.6 Å². The van der Waals surface area contributed by atoms with E-state index in [-0.39, 0.29) is 0 Å². The smallest absolute Gasteiger partial charge is 0.150 e. The molecular formula is C56H40N2O2. The Morgan fingerprint density at radius 3 is 0.867 bits per heavy atom.